The highest BCUT2D eigenvalue weighted by atomic mass is 32.1. The zero-order chi connectivity index (χ0) is 33.1. The molecule has 4 aromatic rings. The van der Waals surface area contributed by atoms with Crippen LogP contribution in [0.1, 0.15) is 71.2 Å². The standard InChI is InChI=1S/C36H37F3N6OS/c1-3-33(46)43-26-8-4-23(5-9-26)6-10-29-25(19-40)16-31-22(2)24(7-11-30(29)31)20-45-14-12-27(13-15-45)44-34-32-17-28(18-36(37,38)39)47-35(32)42-21-41-34/h4-5,7-9,11,16-17,21,27,29H,3,6,10,12-15,18,20H2,1-2H3,(H,43,46)(H,41,42,44). The molecule has 1 aliphatic heterocycles. The minimum absolute atomic E-state index is 0.00920. The lowest BCUT2D eigenvalue weighted by atomic mass is 9.88. The number of likely N-dealkylation sites (tertiary alicyclic amines) is 1. The van der Waals surface area contributed by atoms with E-state index >= 15 is 0 Å². The van der Waals surface area contributed by atoms with Crippen molar-refractivity contribution in [2.24, 2.45) is 0 Å². The third-order valence-electron chi connectivity index (χ3n) is 9.20. The second-order valence-electron chi connectivity index (χ2n) is 12.4. The van der Waals surface area contributed by atoms with Crippen molar-refractivity contribution in [2.75, 3.05) is 23.7 Å². The minimum atomic E-state index is -4.26. The molecule has 0 saturated carbocycles. The maximum absolute atomic E-state index is 12.9. The molecule has 2 N–H and O–H groups in total. The Balaban J connectivity index is 1.06. The average Bonchev–Trinajstić information content (AvgIpc) is 3.63. The van der Waals surface area contributed by atoms with Crippen LogP contribution < -0.4 is 10.6 Å². The second-order valence-corrected chi connectivity index (χ2v) is 13.5. The molecule has 2 aliphatic rings. The van der Waals surface area contributed by atoms with E-state index in [1.165, 1.54) is 28.6 Å². The fourth-order valence-corrected chi connectivity index (χ4v) is 7.62. The molecule has 244 valence electrons. The van der Waals surface area contributed by atoms with Crippen molar-refractivity contribution in [1.29, 1.82) is 5.26 Å². The number of rotatable bonds is 10. The third kappa shape index (κ3) is 7.66. The Kier molecular flexibility index (Phi) is 9.62. The molecular formula is C36H37F3N6OS. The van der Waals surface area contributed by atoms with Gasteiger partial charge in [-0.3, -0.25) is 9.69 Å². The normalized spacial score (nSPS) is 16.9. The van der Waals surface area contributed by atoms with Crippen molar-refractivity contribution in [3.8, 4) is 6.07 Å². The molecule has 1 amide bonds. The van der Waals surface area contributed by atoms with Gasteiger partial charge in [0.25, 0.3) is 0 Å². The van der Waals surface area contributed by atoms with Crippen LogP contribution in [-0.4, -0.2) is 46.1 Å². The number of allylic oxidation sites excluding steroid dienone is 1. The summed E-state index contributed by atoms with van der Waals surface area (Å²) in [5.74, 6) is 0.648. The largest absolute Gasteiger partial charge is 0.393 e. The summed E-state index contributed by atoms with van der Waals surface area (Å²) in [6, 6.07) is 16.5. The summed E-state index contributed by atoms with van der Waals surface area (Å²) < 4.78 is 38.8. The van der Waals surface area contributed by atoms with E-state index in [9.17, 15) is 23.2 Å². The van der Waals surface area contributed by atoms with Crippen molar-refractivity contribution >= 4 is 45.0 Å². The van der Waals surface area contributed by atoms with Gasteiger partial charge in [0.2, 0.25) is 5.91 Å². The number of hydrogen-bond donors (Lipinski definition) is 2. The van der Waals surface area contributed by atoms with Crippen LogP contribution in [0.15, 0.2) is 54.4 Å². The highest BCUT2D eigenvalue weighted by molar-refractivity contribution is 7.18. The fourth-order valence-electron chi connectivity index (χ4n) is 6.60. The maximum Gasteiger partial charge on any atom is 0.393 e. The molecule has 7 nitrogen and oxygen atoms in total. The Morgan fingerprint density at radius 2 is 1.89 bits per heavy atom. The van der Waals surface area contributed by atoms with Crippen molar-refractivity contribution in [1.82, 2.24) is 14.9 Å². The van der Waals surface area contributed by atoms with Gasteiger partial charge in [0.1, 0.15) is 17.0 Å². The number of amides is 1. The van der Waals surface area contributed by atoms with Crippen LogP contribution in [0.3, 0.4) is 0 Å². The number of thiophene rings is 1. The SMILES string of the molecule is CCC(=O)Nc1ccc(CCC2C(C#N)=Cc3c2ccc(CN2CCC(Nc4ncnc5sc(CC(F)(F)F)cc45)CC2)c3C)cc1. The Bertz CT molecular complexity index is 1830. The van der Waals surface area contributed by atoms with Crippen molar-refractivity contribution in [2.45, 2.75) is 77.1 Å². The van der Waals surface area contributed by atoms with Gasteiger partial charge in [0.05, 0.1) is 17.9 Å². The van der Waals surface area contributed by atoms with Crippen LogP contribution in [0.4, 0.5) is 24.7 Å². The van der Waals surface area contributed by atoms with E-state index in [4.69, 9.17) is 0 Å². The van der Waals surface area contributed by atoms with Gasteiger partial charge in [0.15, 0.2) is 0 Å². The third-order valence-corrected chi connectivity index (χ3v) is 10.2. The van der Waals surface area contributed by atoms with Gasteiger partial charge in [-0.15, -0.1) is 11.3 Å². The first-order chi connectivity index (χ1) is 22.6. The number of aryl methyl sites for hydroxylation is 1. The van der Waals surface area contributed by atoms with E-state index in [2.05, 4.69) is 56.7 Å². The zero-order valence-electron chi connectivity index (χ0n) is 26.5. The lowest BCUT2D eigenvalue weighted by Gasteiger charge is -2.33. The summed E-state index contributed by atoms with van der Waals surface area (Å²) in [6.45, 7) is 6.56. The number of nitrogens with one attached hydrogen (secondary N) is 2. The highest BCUT2D eigenvalue weighted by Gasteiger charge is 2.30. The number of benzene rings is 2. The number of hydrogen-bond acceptors (Lipinski definition) is 7. The van der Waals surface area contributed by atoms with Crippen LogP contribution in [0, 0.1) is 18.3 Å². The van der Waals surface area contributed by atoms with Gasteiger partial charge >= 0.3 is 6.18 Å². The Morgan fingerprint density at radius 1 is 1.13 bits per heavy atom. The lowest BCUT2D eigenvalue weighted by molar-refractivity contribution is -0.126. The number of carbonyl (C=O) groups is 1. The van der Waals surface area contributed by atoms with Crippen molar-refractivity contribution < 1.29 is 18.0 Å². The molecular weight excluding hydrogens is 621 g/mol. The number of nitrogens with zero attached hydrogens (tertiary/aromatic N) is 4. The molecule has 0 bridgehead atoms. The van der Waals surface area contributed by atoms with E-state index in [1.54, 1.807) is 6.07 Å². The minimum Gasteiger partial charge on any atom is -0.367 e. The number of nitriles is 1. The Morgan fingerprint density at radius 3 is 2.60 bits per heavy atom. The summed E-state index contributed by atoms with van der Waals surface area (Å²) in [7, 11) is 0. The molecule has 2 aromatic heterocycles. The summed E-state index contributed by atoms with van der Waals surface area (Å²) in [6.07, 6.45) is 2.14. The number of fused-ring (bicyclic) bond motifs is 2. The molecule has 1 unspecified atom stereocenters. The van der Waals surface area contributed by atoms with E-state index in [0.29, 0.717) is 22.5 Å². The number of anilines is 2. The molecule has 2 aromatic carbocycles. The molecule has 6 rings (SSSR count). The van der Waals surface area contributed by atoms with Gasteiger partial charge in [-0.1, -0.05) is 31.2 Å². The van der Waals surface area contributed by atoms with Gasteiger partial charge in [0, 0.05) is 54.2 Å². The second kappa shape index (κ2) is 13.8. The van der Waals surface area contributed by atoms with Gasteiger partial charge in [-0.05, 0) is 84.7 Å². The van der Waals surface area contributed by atoms with Crippen LogP contribution in [-0.2, 0) is 24.2 Å². The molecule has 1 saturated heterocycles. The van der Waals surface area contributed by atoms with Crippen molar-refractivity contribution in [3.63, 3.8) is 0 Å². The summed E-state index contributed by atoms with van der Waals surface area (Å²) in [4.78, 5) is 23.5. The van der Waals surface area contributed by atoms with Crippen molar-refractivity contribution in [3.05, 3.63) is 87.1 Å². The summed E-state index contributed by atoms with van der Waals surface area (Å²) in [5, 5.41) is 17.0. The highest BCUT2D eigenvalue weighted by Crippen LogP contribution is 2.41. The molecule has 47 heavy (non-hydrogen) atoms. The number of aromatic nitrogens is 2. The predicted octanol–water partition coefficient (Wildman–Crippen LogP) is 8.17. The Hall–Kier alpha value is -4.27. The van der Waals surface area contributed by atoms with E-state index in [-0.39, 0.29) is 22.7 Å². The number of alkyl halides is 3. The molecule has 0 spiro atoms. The topological polar surface area (TPSA) is 93.9 Å². The first-order valence-electron chi connectivity index (χ1n) is 16.0. The predicted molar refractivity (Wildman–Crippen MR) is 180 cm³/mol. The molecule has 11 heteroatoms. The monoisotopic (exact) mass is 658 g/mol. The summed E-state index contributed by atoms with van der Waals surface area (Å²) >= 11 is 1.06. The maximum atomic E-state index is 12.9. The van der Waals surface area contributed by atoms with Crippen LogP contribution in [0.25, 0.3) is 16.3 Å². The zero-order valence-corrected chi connectivity index (χ0v) is 27.3. The number of piperidine rings is 1. The van der Waals surface area contributed by atoms with E-state index in [1.807, 2.05) is 31.2 Å². The molecule has 3 heterocycles. The Labute approximate surface area is 276 Å². The van der Waals surface area contributed by atoms with Crippen LogP contribution >= 0.6 is 11.3 Å². The number of halogens is 3. The molecule has 1 fully saturated rings. The van der Waals surface area contributed by atoms with Gasteiger partial charge in [-0.2, -0.15) is 18.4 Å². The summed E-state index contributed by atoms with van der Waals surface area (Å²) in [5.41, 5.74) is 7.59. The first-order valence-corrected chi connectivity index (χ1v) is 16.8. The molecule has 1 atom stereocenters. The van der Waals surface area contributed by atoms with Gasteiger partial charge < -0.3 is 10.6 Å². The van der Waals surface area contributed by atoms with E-state index in [0.717, 1.165) is 73.5 Å². The van der Waals surface area contributed by atoms with Crippen LogP contribution in [0.5, 0.6) is 0 Å². The number of carbonyl (C=O) groups excluding carboxylic acids is 1. The van der Waals surface area contributed by atoms with E-state index < -0.39 is 12.6 Å². The lowest BCUT2D eigenvalue weighted by Crippen LogP contribution is -2.39. The average molecular weight is 659 g/mol. The molecule has 0 radical (unpaired) electrons. The quantitative estimate of drug-likeness (QED) is 0.179. The van der Waals surface area contributed by atoms with Crippen LogP contribution in [0.2, 0.25) is 0 Å². The smallest absolute Gasteiger partial charge is 0.367 e. The van der Waals surface area contributed by atoms with Gasteiger partial charge in [-0.25, -0.2) is 9.97 Å². The first kappa shape index (κ1) is 32.7. The fraction of sp³-hybridized carbons (Fsp3) is 0.389. The molecule has 1 aliphatic carbocycles.